The standard InChI is InChI=1S/C18H30O3/c1-5-18(3,4)17(19)21-11(2)20-16-10-12-9-15(16)14-8-6-7-13(12)14/h11-16H,5-10H2,1-4H3. The largest absolute Gasteiger partial charge is 0.436 e. The lowest BCUT2D eigenvalue weighted by Gasteiger charge is -2.33. The Hall–Kier alpha value is -0.570. The summed E-state index contributed by atoms with van der Waals surface area (Å²) in [6.07, 6.45) is 7.47. The van der Waals surface area contributed by atoms with E-state index in [4.69, 9.17) is 9.47 Å². The molecule has 3 nitrogen and oxygen atoms in total. The first-order valence-corrected chi connectivity index (χ1v) is 8.79. The van der Waals surface area contributed by atoms with Crippen LogP contribution in [0, 0.1) is 29.1 Å². The van der Waals surface area contributed by atoms with Gasteiger partial charge >= 0.3 is 5.97 Å². The fourth-order valence-electron chi connectivity index (χ4n) is 4.89. The topological polar surface area (TPSA) is 35.5 Å². The number of fused-ring (bicyclic) bond motifs is 5. The highest BCUT2D eigenvalue weighted by Gasteiger charge is 2.54. The molecule has 0 aromatic carbocycles. The summed E-state index contributed by atoms with van der Waals surface area (Å²) >= 11 is 0. The number of hydrogen-bond donors (Lipinski definition) is 0. The average Bonchev–Trinajstić information content (AvgIpc) is 3.09. The van der Waals surface area contributed by atoms with Crippen molar-refractivity contribution in [1.29, 1.82) is 0 Å². The fourth-order valence-corrected chi connectivity index (χ4v) is 4.89. The Kier molecular flexibility index (Phi) is 4.06. The molecule has 0 N–H and O–H groups in total. The molecule has 3 aliphatic carbocycles. The summed E-state index contributed by atoms with van der Waals surface area (Å²) in [4.78, 5) is 12.1. The summed E-state index contributed by atoms with van der Waals surface area (Å²) in [6.45, 7) is 7.76. The predicted molar refractivity (Wildman–Crippen MR) is 81.5 cm³/mol. The maximum absolute atomic E-state index is 12.1. The minimum atomic E-state index is -0.414. The van der Waals surface area contributed by atoms with Gasteiger partial charge in [-0.1, -0.05) is 13.3 Å². The number of esters is 1. The highest BCUT2D eigenvalue weighted by atomic mass is 16.7. The Labute approximate surface area is 128 Å². The molecule has 0 aromatic rings. The average molecular weight is 294 g/mol. The maximum atomic E-state index is 12.1. The van der Waals surface area contributed by atoms with Gasteiger partial charge in [0.15, 0.2) is 6.29 Å². The first-order chi connectivity index (χ1) is 9.92. The third-order valence-electron chi connectivity index (χ3n) is 6.44. The Morgan fingerprint density at radius 1 is 1.19 bits per heavy atom. The van der Waals surface area contributed by atoms with Crippen LogP contribution in [0.2, 0.25) is 0 Å². The molecule has 0 heterocycles. The number of carbonyl (C=O) groups is 1. The summed E-state index contributed by atoms with van der Waals surface area (Å²) in [7, 11) is 0. The number of hydrogen-bond acceptors (Lipinski definition) is 3. The van der Waals surface area contributed by atoms with Gasteiger partial charge in [-0.05, 0) is 76.5 Å². The zero-order valence-electron chi connectivity index (χ0n) is 13.9. The minimum absolute atomic E-state index is 0.139. The SMILES string of the molecule is CCC(C)(C)C(=O)OC(C)OC1CC2CC1C1CCCC21. The molecule has 0 spiro atoms. The van der Waals surface area contributed by atoms with Gasteiger partial charge in [-0.2, -0.15) is 0 Å². The van der Waals surface area contributed by atoms with E-state index in [-0.39, 0.29) is 5.97 Å². The summed E-state index contributed by atoms with van der Waals surface area (Å²) in [6, 6.07) is 0. The summed E-state index contributed by atoms with van der Waals surface area (Å²) < 4.78 is 11.6. The summed E-state index contributed by atoms with van der Waals surface area (Å²) in [5.74, 6) is 3.33. The third kappa shape index (κ3) is 2.74. The van der Waals surface area contributed by atoms with Crippen molar-refractivity contribution in [2.24, 2.45) is 29.1 Å². The molecule has 6 atom stereocenters. The molecular formula is C18H30O3. The van der Waals surface area contributed by atoms with E-state index < -0.39 is 11.7 Å². The lowest BCUT2D eigenvalue weighted by Crippen LogP contribution is -2.36. The van der Waals surface area contributed by atoms with Gasteiger partial charge in [0.2, 0.25) is 0 Å². The molecule has 2 bridgehead atoms. The van der Waals surface area contributed by atoms with Gasteiger partial charge in [0.1, 0.15) is 0 Å². The monoisotopic (exact) mass is 294 g/mol. The van der Waals surface area contributed by atoms with E-state index in [2.05, 4.69) is 0 Å². The van der Waals surface area contributed by atoms with Crippen LogP contribution in [0.15, 0.2) is 0 Å². The van der Waals surface area contributed by atoms with Crippen LogP contribution in [0.1, 0.15) is 66.2 Å². The highest BCUT2D eigenvalue weighted by molar-refractivity contribution is 5.75. The molecule has 21 heavy (non-hydrogen) atoms. The zero-order chi connectivity index (χ0) is 15.2. The van der Waals surface area contributed by atoms with Crippen molar-refractivity contribution < 1.29 is 14.3 Å². The third-order valence-corrected chi connectivity index (χ3v) is 6.44. The van der Waals surface area contributed by atoms with Gasteiger partial charge in [0, 0.05) is 0 Å². The van der Waals surface area contributed by atoms with Crippen molar-refractivity contribution in [2.75, 3.05) is 0 Å². The van der Waals surface area contributed by atoms with Crippen molar-refractivity contribution >= 4 is 5.97 Å². The van der Waals surface area contributed by atoms with Crippen molar-refractivity contribution in [3.63, 3.8) is 0 Å². The van der Waals surface area contributed by atoms with Gasteiger partial charge in [-0.25, -0.2) is 0 Å². The van der Waals surface area contributed by atoms with E-state index in [0.717, 1.165) is 30.1 Å². The van der Waals surface area contributed by atoms with Gasteiger partial charge in [-0.15, -0.1) is 0 Å². The van der Waals surface area contributed by atoms with Crippen LogP contribution in [0.3, 0.4) is 0 Å². The van der Waals surface area contributed by atoms with Gasteiger partial charge < -0.3 is 9.47 Å². The lowest BCUT2D eigenvalue weighted by atomic mass is 9.80. The molecule has 0 aliphatic heterocycles. The van der Waals surface area contributed by atoms with Crippen LogP contribution < -0.4 is 0 Å². The number of rotatable bonds is 5. The Bertz CT molecular complexity index is 403. The quantitative estimate of drug-likeness (QED) is 0.564. The summed E-state index contributed by atoms with van der Waals surface area (Å²) in [5, 5.41) is 0. The van der Waals surface area contributed by atoms with Crippen LogP contribution in [-0.4, -0.2) is 18.4 Å². The van der Waals surface area contributed by atoms with Crippen LogP contribution in [0.25, 0.3) is 0 Å². The number of carbonyl (C=O) groups excluding carboxylic acids is 1. The normalized spacial score (nSPS) is 39.3. The molecule has 3 aliphatic rings. The molecular weight excluding hydrogens is 264 g/mol. The molecule has 3 rings (SSSR count). The van der Waals surface area contributed by atoms with Crippen LogP contribution in [-0.2, 0) is 14.3 Å². The molecule has 0 saturated heterocycles. The van der Waals surface area contributed by atoms with E-state index in [1.807, 2.05) is 27.7 Å². The molecule has 0 radical (unpaired) electrons. The van der Waals surface area contributed by atoms with Crippen LogP contribution in [0.4, 0.5) is 0 Å². The first kappa shape index (κ1) is 15.3. The van der Waals surface area contributed by atoms with Crippen molar-refractivity contribution in [3.8, 4) is 0 Å². The molecule has 3 heteroatoms. The summed E-state index contributed by atoms with van der Waals surface area (Å²) in [5.41, 5.74) is -0.414. The van der Waals surface area contributed by atoms with Crippen LogP contribution in [0.5, 0.6) is 0 Å². The van der Waals surface area contributed by atoms with Gasteiger partial charge in [-0.3, -0.25) is 4.79 Å². The number of ether oxygens (including phenoxy) is 2. The van der Waals surface area contributed by atoms with Crippen molar-refractivity contribution in [1.82, 2.24) is 0 Å². The minimum Gasteiger partial charge on any atom is -0.436 e. The molecule has 0 aromatic heterocycles. The first-order valence-electron chi connectivity index (χ1n) is 8.79. The van der Waals surface area contributed by atoms with E-state index >= 15 is 0 Å². The second-order valence-electron chi connectivity index (χ2n) is 8.04. The molecule has 6 unspecified atom stereocenters. The zero-order valence-corrected chi connectivity index (χ0v) is 13.9. The Morgan fingerprint density at radius 3 is 2.62 bits per heavy atom. The van der Waals surface area contributed by atoms with E-state index in [1.54, 1.807) is 0 Å². The lowest BCUT2D eigenvalue weighted by molar-refractivity contribution is -0.200. The van der Waals surface area contributed by atoms with E-state index in [9.17, 15) is 4.79 Å². The maximum Gasteiger partial charge on any atom is 0.313 e. The van der Waals surface area contributed by atoms with E-state index in [0.29, 0.717) is 6.10 Å². The van der Waals surface area contributed by atoms with Gasteiger partial charge in [0.05, 0.1) is 11.5 Å². The molecule has 0 amide bonds. The second kappa shape index (κ2) is 5.57. The highest BCUT2D eigenvalue weighted by Crippen LogP contribution is 2.59. The fraction of sp³-hybridized carbons (Fsp3) is 0.944. The predicted octanol–water partition coefficient (Wildman–Crippen LogP) is 4.15. The van der Waals surface area contributed by atoms with E-state index in [1.165, 1.54) is 32.1 Å². The smallest absolute Gasteiger partial charge is 0.313 e. The molecule has 120 valence electrons. The molecule has 3 saturated carbocycles. The van der Waals surface area contributed by atoms with Crippen LogP contribution >= 0.6 is 0 Å². The second-order valence-corrected chi connectivity index (χ2v) is 8.04. The Morgan fingerprint density at radius 2 is 1.90 bits per heavy atom. The Balaban J connectivity index is 1.52. The van der Waals surface area contributed by atoms with Crippen molar-refractivity contribution in [2.45, 2.75) is 78.6 Å². The van der Waals surface area contributed by atoms with Gasteiger partial charge in [0.25, 0.3) is 0 Å². The molecule has 3 fully saturated rings. The van der Waals surface area contributed by atoms with Crippen molar-refractivity contribution in [3.05, 3.63) is 0 Å².